The van der Waals surface area contributed by atoms with E-state index in [9.17, 15) is 4.39 Å². The number of hydrogen-bond donors (Lipinski definition) is 0. The molecule has 1 unspecified atom stereocenters. The number of nitriles is 1. The lowest BCUT2D eigenvalue weighted by Gasteiger charge is -2.09. The van der Waals surface area contributed by atoms with E-state index < -0.39 is 5.82 Å². The van der Waals surface area contributed by atoms with Gasteiger partial charge in [0.25, 0.3) is 0 Å². The molecule has 0 fully saturated rings. The van der Waals surface area contributed by atoms with Crippen LogP contribution in [0.4, 0.5) is 4.39 Å². The fourth-order valence-electron chi connectivity index (χ4n) is 1.09. The highest BCUT2D eigenvalue weighted by Crippen LogP contribution is 2.31. The predicted octanol–water partition coefficient (Wildman–Crippen LogP) is 3.22. The van der Waals surface area contributed by atoms with Gasteiger partial charge in [-0.25, -0.2) is 4.39 Å². The second-order valence-corrected chi connectivity index (χ2v) is 3.66. The average molecular weight is 258 g/mol. The van der Waals surface area contributed by atoms with Crippen molar-refractivity contribution < 1.29 is 9.13 Å². The smallest absolute Gasteiger partial charge is 0.141 e. The maximum Gasteiger partial charge on any atom is 0.141 e. The maximum atomic E-state index is 13.3. The number of rotatable bonds is 2. The molecule has 0 heterocycles. The van der Waals surface area contributed by atoms with E-state index in [1.165, 1.54) is 13.2 Å². The van der Waals surface area contributed by atoms with Gasteiger partial charge in [-0.3, -0.25) is 0 Å². The van der Waals surface area contributed by atoms with Crippen LogP contribution < -0.4 is 4.74 Å². The van der Waals surface area contributed by atoms with Gasteiger partial charge in [0.15, 0.2) is 0 Å². The number of hydrogen-bond acceptors (Lipinski definition) is 2. The largest absolute Gasteiger partial charge is 0.497 e. The standard InChI is InChI=1S/C10H9BrFNO/c1-6(5-13)8-3-7(14-2)4-9(12)10(8)11/h3-4,6H,1-2H3. The number of ether oxygens (including phenoxy) is 1. The van der Waals surface area contributed by atoms with Crippen molar-refractivity contribution in [3.05, 3.63) is 28.0 Å². The van der Waals surface area contributed by atoms with E-state index in [4.69, 9.17) is 10.00 Å². The molecule has 0 aliphatic heterocycles. The quantitative estimate of drug-likeness (QED) is 0.815. The molecule has 0 amide bonds. The highest BCUT2D eigenvalue weighted by atomic mass is 79.9. The second kappa shape index (κ2) is 4.43. The molecule has 0 aliphatic carbocycles. The van der Waals surface area contributed by atoms with Gasteiger partial charge in [-0.15, -0.1) is 0 Å². The Morgan fingerprint density at radius 3 is 2.71 bits per heavy atom. The summed E-state index contributed by atoms with van der Waals surface area (Å²) in [6, 6.07) is 4.98. The van der Waals surface area contributed by atoms with Crippen LogP contribution in [0.15, 0.2) is 16.6 Å². The fourth-order valence-corrected chi connectivity index (χ4v) is 1.66. The maximum absolute atomic E-state index is 13.3. The molecule has 0 aromatic heterocycles. The van der Waals surface area contributed by atoms with Crippen molar-refractivity contribution in [3.8, 4) is 11.8 Å². The van der Waals surface area contributed by atoms with Gasteiger partial charge in [-0.2, -0.15) is 5.26 Å². The zero-order valence-electron chi connectivity index (χ0n) is 7.84. The highest BCUT2D eigenvalue weighted by molar-refractivity contribution is 9.10. The molecular weight excluding hydrogens is 249 g/mol. The zero-order chi connectivity index (χ0) is 10.7. The summed E-state index contributed by atoms with van der Waals surface area (Å²) in [7, 11) is 1.46. The van der Waals surface area contributed by atoms with Gasteiger partial charge in [0.05, 0.1) is 23.6 Å². The molecule has 0 radical (unpaired) electrons. The monoisotopic (exact) mass is 257 g/mol. The van der Waals surface area contributed by atoms with Crippen molar-refractivity contribution in [2.45, 2.75) is 12.8 Å². The molecule has 74 valence electrons. The molecule has 0 aliphatic rings. The van der Waals surface area contributed by atoms with Crippen LogP contribution in [0.25, 0.3) is 0 Å². The summed E-state index contributed by atoms with van der Waals surface area (Å²) in [5.74, 6) is -0.363. The Morgan fingerprint density at radius 1 is 1.57 bits per heavy atom. The molecule has 0 N–H and O–H groups in total. The first-order valence-corrected chi connectivity index (χ1v) is 4.82. The third kappa shape index (κ3) is 2.05. The van der Waals surface area contributed by atoms with Crippen LogP contribution in [0.2, 0.25) is 0 Å². The number of methoxy groups -OCH3 is 1. The topological polar surface area (TPSA) is 33.0 Å². The lowest BCUT2D eigenvalue weighted by Crippen LogP contribution is -1.96. The van der Waals surface area contributed by atoms with Gasteiger partial charge in [0, 0.05) is 6.07 Å². The summed E-state index contributed by atoms with van der Waals surface area (Å²) in [6.45, 7) is 1.71. The van der Waals surface area contributed by atoms with E-state index in [2.05, 4.69) is 15.9 Å². The minimum absolute atomic E-state index is 0.326. The van der Waals surface area contributed by atoms with Crippen molar-refractivity contribution in [2.75, 3.05) is 7.11 Å². The van der Waals surface area contributed by atoms with E-state index in [0.717, 1.165) is 0 Å². The first kappa shape index (κ1) is 11.0. The van der Waals surface area contributed by atoms with E-state index in [1.807, 2.05) is 6.07 Å². The molecule has 1 aromatic carbocycles. The molecule has 2 nitrogen and oxygen atoms in total. The summed E-state index contributed by atoms with van der Waals surface area (Å²) >= 11 is 3.10. The SMILES string of the molecule is COc1cc(F)c(Br)c(C(C)C#N)c1. The number of nitrogens with zero attached hydrogens (tertiary/aromatic N) is 1. The zero-order valence-corrected chi connectivity index (χ0v) is 9.43. The summed E-state index contributed by atoms with van der Waals surface area (Å²) in [5, 5.41) is 8.73. The van der Waals surface area contributed by atoms with Crippen molar-refractivity contribution in [2.24, 2.45) is 0 Å². The third-order valence-corrected chi connectivity index (χ3v) is 2.76. The van der Waals surface area contributed by atoms with Crippen LogP contribution in [0.1, 0.15) is 18.4 Å². The highest BCUT2D eigenvalue weighted by Gasteiger charge is 2.14. The fraction of sp³-hybridized carbons (Fsp3) is 0.300. The Bertz CT molecular complexity index is 386. The van der Waals surface area contributed by atoms with Crippen LogP contribution in [0.5, 0.6) is 5.75 Å². The molecule has 14 heavy (non-hydrogen) atoms. The van der Waals surface area contributed by atoms with Gasteiger partial charge in [0.2, 0.25) is 0 Å². The third-order valence-electron chi connectivity index (χ3n) is 1.93. The summed E-state index contributed by atoms with van der Waals surface area (Å²) in [6.07, 6.45) is 0. The van der Waals surface area contributed by atoms with Gasteiger partial charge in [-0.05, 0) is 34.5 Å². The van der Waals surface area contributed by atoms with Gasteiger partial charge >= 0.3 is 0 Å². The molecular formula is C10H9BrFNO. The molecule has 0 bridgehead atoms. The van der Waals surface area contributed by atoms with Crippen LogP contribution in [0.3, 0.4) is 0 Å². The molecule has 1 atom stereocenters. The van der Waals surface area contributed by atoms with Crippen molar-refractivity contribution >= 4 is 15.9 Å². The van der Waals surface area contributed by atoms with Crippen LogP contribution in [-0.2, 0) is 0 Å². The van der Waals surface area contributed by atoms with Crippen molar-refractivity contribution in [3.63, 3.8) is 0 Å². The number of benzene rings is 1. The minimum atomic E-state index is -0.415. The summed E-state index contributed by atoms with van der Waals surface area (Å²) in [5.41, 5.74) is 0.601. The lowest BCUT2D eigenvalue weighted by atomic mass is 10.0. The lowest BCUT2D eigenvalue weighted by molar-refractivity contribution is 0.410. The summed E-state index contributed by atoms with van der Waals surface area (Å²) < 4.78 is 18.5. The second-order valence-electron chi connectivity index (χ2n) is 2.86. The molecule has 0 saturated heterocycles. The average Bonchev–Trinajstić information content (AvgIpc) is 2.20. The van der Waals surface area contributed by atoms with E-state index in [1.54, 1.807) is 13.0 Å². The summed E-state index contributed by atoms with van der Waals surface area (Å²) in [4.78, 5) is 0. The Balaban J connectivity index is 3.28. The van der Waals surface area contributed by atoms with Crippen molar-refractivity contribution in [1.82, 2.24) is 0 Å². The Morgan fingerprint density at radius 2 is 2.21 bits per heavy atom. The van der Waals surface area contributed by atoms with E-state index >= 15 is 0 Å². The number of halogens is 2. The van der Waals surface area contributed by atoms with Gasteiger partial charge in [0.1, 0.15) is 11.6 Å². The molecule has 1 rings (SSSR count). The van der Waals surface area contributed by atoms with E-state index in [-0.39, 0.29) is 5.92 Å². The van der Waals surface area contributed by atoms with Crippen LogP contribution in [0, 0.1) is 17.1 Å². The Labute approximate surface area is 90.4 Å². The first-order valence-electron chi connectivity index (χ1n) is 4.02. The van der Waals surface area contributed by atoms with Crippen molar-refractivity contribution in [1.29, 1.82) is 5.26 Å². The van der Waals surface area contributed by atoms with Crippen LogP contribution >= 0.6 is 15.9 Å². The van der Waals surface area contributed by atoms with E-state index in [0.29, 0.717) is 15.8 Å². The molecule has 0 spiro atoms. The molecule has 4 heteroatoms. The molecule has 1 aromatic rings. The normalized spacial score (nSPS) is 11.9. The van der Waals surface area contributed by atoms with Gasteiger partial charge < -0.3 is 4.74 Å². The van der Waals surface area contributed by atoms with Crippen LogP contribution in [-0.4, -0.2) is 7.11 Å². The first-order chi connectivity index (χ1) is 6.60. The Hall–Kier alpha value is -1.08. The molecule has 0 saturated carbocycles. The Kier molecular flexibility index (Phi) is 3.48. The predicted molar refractivity (Wildman–Crippen MR) is 54.7 cm³/mol. The minimum Gasteiger partial charge on any atom is -0.497 e. The van der Waals surface area contributed by atoms with Gasteiger partial charge in [-0.1, -0.05) is 0 Å².